The molecular formula is C12H18N4OS2. The van der Waals surface area contributed by atoms with Gasteiger partial charge in [0.1, 0.15) is 10.6 Å². The number of nitrogens with one attached hydrogen (secondary N) is 2. The van der Waals surface area contributed by atoms with E-state index < -0.39 is 10.8 Å². The predicted octanol–water partition coefficient (Wildman–Crippen LogP) is 2.30. The zero-order valence-corrected chi connectivity index (χ0v) is 12.7. The van der Waals surface area contributed by atoms with E-state index in [4.69, 9.17) is 0 Å². The molecule has 0 bridgehead atoms. The summed E-state index contributed by atoms with van der Waals surface area (Å²) in [7, 11) is -0.752. The smallest absolute Gasteiger partial charge is 0.226 e. The Morgan fingerprint density at radius 2 is 2.16 bits per heavy atom. The van der Waals surface area contributed by atoms with E-state index in [0.717, 1.165) is 22.6 Å². The van der Waals surface area contributed by atoms with E-state index in [1.165, 1.54) is 0 Å². The summed E-state index contributed by atoms with van der Waals surface area (Å²) in [5.74, 6) is 2.79. The van der Waals surface area contributed by atoms with Crippen molar-refractivity contribution < 1.29 is 4.21 Å². The second-order valence-electron chi connectivity index (χ2n) is 3.92. The van der Waals surface area contributed by atoms with E-state index in [0.29, 0.717) is 24.0 Å². The average Bonchev–Trinajstić information content (AvgIpc) is 2.87. The van der Waals surface area contributed by atoms with Gasteiger partial charge in [0.25, 0.3) is 0 Å². The van der Waals surface area contributed by atoms with Crippen LogP contribution in [0.15, 0.2) is 11.4 Å². The SMILES string of the molecule is CCNc1nc(NCCS(=O)CC)c2ccsc2n1. The van der Waals surface area contributed by atoms with Gasteiger partial charge < -0.3 is 10.6 Å². The third kappa shape index (κ3) is 3.63. The van der Waals surface area contributed by atoms with Gasteiger partial charge in [-0.1, -0.05) is 6.92 Å². The summed E-state index contributed by atoms with van der Waals surface area (Å²) in [6, 6.07) is 2.01. The largest absolute Gasteiger partial charge is 0.368 e. The molecule has 7 heteroatoms. The quantitative estimate of drug-likeness (QED) is 0.821. The Morgan fingerprint density at radius 1 is 1.32 bits per heavy atom. The fourth-order valence-corrected chi connectivity index (χ4v) is 3.04. The minimum absolute atomic E-state index is 0.636. The highest BCUT2D eigenvalue weighted by Gasteiger charge is 2.08. The molecular weight excluding hydrogens is 280 g/mol. The molecule has 0 saturated heterocycles. The van der Waals surface area contributed by atoms with Crippen LogP contribution in [0.25, 0.3) is 10.2 Å². The highest BCUT2D eigenvalue weighted by atomic mass is 32.2. The lowest BCUT2D eigenvalue weighted by molar-refractivity contribution is 0.684. The van der Waals surface area contributed by atoms with E-state index in [2.05, 4.69) is 20.6 Å². The van der Waals surface area contributed by atoms with Gasteiger partial charge >= 0.3 is 0 Å². The van der Waals surface area contributed by atoms with Gasteiger partial charge in [-0.15, -0.1) is 11.3 Å². The molecule has 0 aromatic carbocycles. The first-order valence-electron chi connectivity index (χ1n) is 6.32. The second-order valence-corrected chi connectivity index (χ2v) is 6.68. The summed E-state index contributed by atoms with van der Waals surface area (Å²) in [6.07, 6.45) is 0. The van der Waals surface area contributed by atoms with E-state index in [9.17, 15) is 4.21 Å². The monoisotopic (exact) mass is 298 g/mol. The minimum Gasteiger partial charge on any atom is -0.368 e. The van der Waals surface area contributed by atoms with Gasteiger partial charge in [0.2, 0.25) is 5.95 Å². The summed E-state index contributed by atoms with van der Waals surface area (Å²) in [6.45, 7) is 5.39. The molecule has 2 N–H and O–H groups in total. The molecule has 0 aliphatic rings. The molecule has 0 saturated carbocycles. The Hall–Kier alpha value is -1.21. The van der Waals surface area contributed by atoms with Crippen LogP contribution >= 0.6 is 11.3 Å². The highest BCUT2D eigenvalue weighted by Crippen LogP contribution is 2.26. The molecule has 1 atom stereocenters. The van der Waals surface area contributed by atoms with Gasteiger partial charge in [-0.05, 0) is 18.4 Å². The van der Waals surface area contributed by atoms with Gasteiger partial charge in [0.05, 0.1) is 5.39 Å². The zero-order chi connectivity index (χ0) is 13.7. The topological polar surface area (TPSA) is 66.9 Å². The lowest BCUT2D eigenvalue weighted by Crippen LogP contribution is -2.14. The summed E-state index contributed by atoms with van der Waals surface area (Å²) in [5.41, 5.74) is 0. The summed E-state index contributed by atoms with van der Waals surface area (Å²) < 4.78 is 11.4. The first-order valence-corrected chi connectivity index (χ1v) is 8.69. The number of hydrogen-bond donors (Lipinski definition) is 2. The van der Waals surface area contributed by atoms with Crippen molar-refractivity contribution in [2.75, 3.05) is 35.2 Å². The van der Waals surface area contributed by atoms with Crippen LogP contribution in [-0.2, 0) is 10.8 Å². The number of thiophene rings is 1. The predicted molar refractivity (Wildman–Crippen MR) is 83.6 cm³/mol. The number of rotatable bonds is 7. The van der Waals surface area contributed by atoms with Gasteiger partial charge in [-0.25, -0.2) is 4.98 Å². The van der Waals surface area contributed by atoms with Crippen molar-refractivity contribution in [2.45, 2.75) is 13.8 Å². The summed E-state index contributed by atoms with van der Waals surface area (Å²) in [5, 5.41) is 9.41. The Bertz CT molecular complexity index is 570. The van der Waals surface area contributed by atoms with Gasteiger partial charge in [-0.3, -0.25) is 4.21 Å². The van der Waals surface area contributed by atoms with Crippen molar-refractivity contribution in [1.29, 1.82) is 0 Å². The molecule has 1 unspecified atom stereocenters. The average molecular weight is 298 g/mol. The standard InChI is InChI=1S/C12H18N4OS2/c1-3-13-12-15-10(14-6-8-19(17)4-2)9-5-7-18-11(9)16-12/h5,7H,3-4,6,8H2,1-2H3,(H2,13,14,15,16). The molecule has 0 radical (unpaired) electrons. The molecule has 0 aliphatic heterocycles. The van der Waals surface area contributed by atoms with Crippen LogP contribution in [0.2, 0.25) is 0 Å². The zero-order valence-electron chi connectivity index (χ0n) is 11.1. The Balaban J connectivity index is 2.15. The second kappa shape index (κ2) is 6.81. The van der Waals surface area contributed by atoms with E-state index >= 15 is 0 Å². The molecule has 2 aromatic rings. The number of aromatic nitrogens is 2. The number of hydrogen-bond acceptors (Lipinski definition) is 6. The molecule has 0 spiro atoms. The maximum atomic E-state index is 11.4. The van der Waals surface area contributed by atoms with E-state index in [1.54, 1.807) is 11.3 Å². The van der Waals surface area contributed by atoms with E-state index in [-0.39, 0.29) is 0 Å². The molecule has 2 rings (SSSR count). The molecule has 0 amide bonds. The molecule has 0 aliphatic carbocycles. The molecule has 19 heavy (non-hydrogen) atoms. The van der Waals surface area contributed by atoms with Crippen LogP contribution in [0.3, 0.4) is 0 Å². The first-order chi connectivity index (χ1) is 9.24. The fraction of sp³-hybridized carbons (Fsp3) is 0.500. The van der Waals surface area contributed by atoms with Crippen LogP contribution in [0, 0.1) is 0 Å². The van der Waals surface area contributed by atoms with Crippen LogP contribution in [0.4, 0.5) is 11.8 Å². The van der Waals surface area contributed by atoms with Crippen molar-refractivity contribution in [2.24, 2.45) is 0 Å². The summed E-state index contributed by atoms with van der Waals surface area (Å²) in [4.78, 5) is 9.86. The highest BCUT2D eigenvalue weighted by molar-refractivity contribution is 7.84. The van der Waals surface area contributed by atoms with Gasteiger partial charge in [0, 0.05) is 35.4 Å². The van der Waals surface area contributed by atoms with E-state index in [1.807, 2.05) is 25.3 Å². The first kappa shape index (κ1) is 14.2. The number of fused-ring (bicyclic) bond motifs is 1. The molecule has 5 nitrogen and oxygen atoms in total. The fourth-order valence-electron chi connectivity index (χ4n) is 1.65. The van der Waals surface area contributed by atoms with Gasteiger partial charge in [0.15, 0.2) is 0 Å². The van der Waals surface area contributed by atoms with Crippen molar-refractivity contribution in [3.8, 4) is 0 Å². The van der Waals surface area contributed by atoms with Crippen LogP contribution in [0.5, 0.6) is 0 Å². The number of anilines is 2. The maximum Gasteiger partial charge on any atom is 0.226 e. The maximum absolute atomic E-state index is 11.4. The third-order valence-electron chi connectivity index (χ3n) is 2.60. The van der Waals surface area contributed by atoms with Crippen molar-refractivity contribution in [1.82, 2.24) is 9.97 Å². The Kier molecular flexibility index (Phi) is 5.09. The molecule has 0 fully saturated rings. The lowest BCUT2D eigenvalue weighted by Gasteiger charge is -2.08. The normalized spacial score (nSPS) is 12.5. The number of nitrogens with zero attached hydrogens (tertiary/aromatic N) is 2. The van der Waals surface area contributed by atoms with Crippen LogP contribution in [0.1, 0.15) is 13.8 Å². The molecule has 2 heterocycles. The lowest BCUT2D eigenvalue weighted by atomic mass is 10.4. The molecule has 2 aromatic heterocycles. The van der Waals surface area contributed by atoms with Gasteiger partial charge in [-0.2, -0.15) is 4.98 Å². The molecule has 104 valence electrons. The Labute approximate surface area is 119 Å². The van der Waals surface area contributed by atoms with Crippen LogP contribution in [-0.4, -0.2) is 38.8 Å². The van der Waals surface area contributed by atoms with Crippen molar-refractivity contribution >= 4 is 44.1 Å². The summed E-state index contributed by atoms with van der Waals surface area (Å²) >= 11 is 1.59. The van der Waals surface area contributed by atoms with Crippen molar-refractivity contribution in [3.63, 3.8) is 0 Å². The minimum atomic E-state index is -0.752. The van der Waals surface area contributed by atoms with Crippen LogP contribution < -0.4 is 10.6 Å². The Morgan fingerprint density at radius 3 is 2.89 bits per heavy atom. The van der Waals surface area contributed by atoms with Crippen molar-refractivity contribution in [3.05, 3.63) is 11.4 Å². The third-order valence-corrected chi connectivity index (χ3v) is 4.71.